The van der Waals surface area contributed by atoms with E-state index < -0.39 is 0 Å². The Balaban J connectivity index is 1.40. The highest BCUT2D eigenvalue weighted by molar-refractivity contribution is 6.00. The van der Waals surface area contributed by atoms with Gasteiger partial charge in [0, 0.05) is 11.5 Å². The molecule has 0 saturated heterocycles. The van der Waals surface area contributed by atoms with Gasteiger partial charge in [-0.25, -0.2) is 0 Å². The fourth-order valence-corrected chi connectivity index (χ4v) is 3.65. The fraction of sp³-hybridized carbons (Fsp3) is 0.348. The number of methoxy groups -OCH3 is 2. The van der Waals surface area contributed by atoms with Crippen LogP contribution >= 0.6 is 0 Å². The number of carbonyl (C=O) groups excluding carboxylic acids is 1. The van der Waals surface area contributed by atoms with Crippen LogP contribution in [0.5, 0.6) is 17.2 Å². The number of carbonyl (C=O) groups is 1. The highest BCUT2D eigenvalue weighted by atomic mass is 16.5. The van der Waals surface area contributed by atoms with Gasteiger partial charge in [0.15, 0.2) is 6.61 Å². The van der Waals surface area contributed by atoms with Gasteiger partial charge in [-0.15, -0.1) is 0 Å². The first-order valence-corrected chi connectivity index (χ1v) is 10.00. The van der Waals surface area contributed by atoms with E-state index in [9.17, 15) is 4.79 Å². The van der Waals surface area contributed by atoms with Crippen LogP contribution in [-0.4, -0.2) is 36.8 Å². The van der Waals surface area contributed by atoms with E-state index in [2.05, 4.69) is 10.1 Å². The Labute approximate surface area is 175 Å². The van der Waals surface area contributed by atoms with E-state index in [1.165, 1.54) is 20.0 Å². The summed E-state index contributed by atoms with van der Waals surface area (Å²) in [5.41, 5.74) is 1.26. The highest BCUT2D eigenvalue weighted by Gasteiger charge is 2.23. The zero-order valence-electron chi connectivity index (χ0n) is 17.1. The van der Waals surface area contributed by atoms with E-state index in [4.69, 9.17) is 18.7 Å². The Kier molecular flexibility index (Phi) is 5.97. The van der Waals surface area contributed by atoms with Crippen molar-refractivity contribution in [3.63, 3.8) is 0 Å². The minimum Gasteiger partial charge on any atom is -0.497 e. The van der Waals surface area contributed by atoms with E-state index in [1.54, 1.807) is 37.4 Å². The molecule has 7 heteroatoms. The number of aromatic nitrogens is 2. The Bertz CT molecular complexity index is 1010. The maximum absolute atomic E-state index is 12.6. The summed E-state index contributed by atoms with van der Waals surface area (Å²) in [6.45, 7) is -0.114. The number of Topliss-reactive ketones (excluding diaryl/α,β-unsaturated/α-hetero) is 1. The molecular weight excluding hydrogens is 384 g/mol. The van der Waals surface area contributed by atoms with Crippen LogP contribution in [0.4, 0.5) is 0 Å². The lowest BCUT2D eigenvalue weighted by molar-refractivity contribution is 0.0918. The third-order valence-corrected chi connectivity index (χ3v) is 5.34. The summed E-state index contributed by atoms with van der Waals surface area (Å²) in [6, 6.07) is 12.4. The van der Waals surface area contributed by atoms with Gasteiger partial charge >= 0.3 is 0 Å². The molecule has 1 fully saturated rings. The van der Waals surface area contributed by atoms with Crippen molar-refractivity contribution in [1.82, 2.24) is 10.1 Å². The average Bonchev–Trinajstić information content (AvgIpc) is 3.49. The van der Waals surface area contributed by atoms with Gasteiger partial charge < -0.3 is 18.7 Å². The Morgan fingerprint density at radius 2 is 1.77 bits per heavy atom. The number of hydrogen-bond donors (Lipinski definition) is 0. The van der Waals surface area contributed by atoms with Crippen LogP contribution in [-0.2, 0) is 0 Å². The maximum atomic E-state index is 12.6. The third kappa shape index (κ3) is 4.30. The quantitative estimate of drug-likeness (QED) is 0.501. The lowest BCUT2D eigenvalue weighted by atomic mass is 10.1. The Morgan fingerprint density at radius 3 is 2.47 bits per heavy atom. The average molecular weight is 408 g/mol. The number of rotatable bonds is 8. The summed E-state index contributed by atoms with van der Waals surface area (Å²) in [6.07, 6.45) is 4.66. The van der Waals surface area contributed by atoms with E-state index in [0.29, 0.717) is 34.6 Å². The van der Waals surface area contributed by atoms with Gasteiger partial charge in [0.1, 0.15) is 17.2 Å². The lowest BCUT2D eigenvalue weighted by Gasteiger charge is -2.10. The molecule has 0 atom stereocenters. The van der Waals surface area contributed by atoms with Gasteiger partial charge in [0.05, 0.1) is 19.8 Å². The SMILES string of the molecule is COc1ccc(OC)c(C(=O)COc2ccc(-c3noc(C4CCCC4)n3)cc2)c1. The first-order chi connectivity index (χ1) is 14.7. The fourth-order valence-electron chi connectivity index (χ4n) is 3.65. The monoisotopic (exact) mass is 408 g/mol. The van der Waals surface area contributed by atoms with Gasteiger partial charge in [-0.05, 0) is 55.3 Å². The summed E-state index contributed by atoms with van der Waals surface area (Å²) in [7, 11) is 3.07. The number of nitrogens with zero attached hydrogens (tertiary/aromatic N) is 2. The van der Waals surface area contributed by atoms with Gasteiger partial charge in [-0.3, -0.25) is 4.79 Å². The number of hydrogen-bond acceptors (Lipinski definition) is 7. The normalized spacial score (nSPS) is 13.9. The first-order valence-electron chi connectivity index (χ1n) is 10.00. The molecule has 1 saturated carbocycles. The van der Waals surface area contributed by atoms with Crippen molar-refractivity contribution >= 4 is 5.78 Å². The van der Waals surface area contributed by atoms with Crippen LogP contribution in [0, 0.1) is 0 Å². The predicted octanol–water partition coefficient (Wildman–Crippen LogP) is 4.67. The van der Waals surface area contributed by atoms with Crippen LogP contribution in [0.15, 0.2) is 47.0 Å². The number of ether oxygens (including phenoxy) is 3. The summed E-state index contributed by atoms with van der Waals surface area (Å²) in [5.74, 6) is 3.12. The molecule has 3 aromatic rings. The van der Waals surface area contributed by atoms with Gasteiger partial charge in [0.2, 0.25) is 17.5 Å². The van der Waals surface area contributed by atoms with Crippen LogP contribution in [0.1, 0.15) is 47.8 Å². The van der Waals surface area contributed by atoms with Crippen LogP contribution in [0.3, 0.4) is 0 Å². The molecule has 0 amide bonds. The molecular formula is C23H24N2O5. The molecule has 1 aliphatic rings. The highest BCUT2D eigenvalue weighted by Crippen LogP contribution is 2.34. The molecule has 0 radical (unpaired) electrons. The van der Waals surface area contributed by atoms with Crippen molar-refractivity contribution in [3.8, 4) is 28.6 Å². The molecule has 0 unspecified atom stereocenters. The summed E-state index contributed by atoms with van der Waals surface area (Å²) in [5, 5.41) is 4.10. The summed E-state index contributed by atoms with van der Waals surface area (Å²) >= 11 is 0. The third-order valence-electron chi connectivity index (χ3n) is 5.34. The zero-order chi connectivity index (χ0) is 20.9. The zero-order valence-corrected chi connectivity index (χ0v) is 17.1. The van der Waals surface area contributed by atoms with E-state index in [-0.39, 0.29) is 12.4 Å². The molecule has 0 aliphatic heterocycles. The number of ketones is 1. The molecule has 2 aromatic carbocycles. The Morgan fingerprint density at radius 1 is 1.03 bits per heavy atom. The lowest BCUT2D eigenvalue weighted by Crippen LogP contribution is -2.13. The summed E-state index contributed by atoms with van der Waals surface area (Å²) < 4.78 is 21.6. The predicted molar refractivity (Wildman–Crippen MR) is 110 cm³/mol. The van der Waals surface area contributed by atoms with E-state index in [0.717, 1.165) is 24.3 Å². The van der Waals surface area contributed by atoms with E-state index >= 15 is 0 Å². The summed E-state index contributed by atoms with van der Waals surface area (Å²) in [4.78, 5) is 17.1. The molecule has 1 heterocycles. The molecule has 1 aliphatic carbocycles. The van der Waals surface area contributed by atoms with Crippen LogP contribution in [0.2, 0.25) is 0 Å². The molecule has 156 valence electrons. The second kappa shape index (κ2) is 8.98. The first kappa shape index (κ1) is 19.9. The topological polar surface area (TPSA) is 83.7 Å². The molecule has 7 nitrogen and oxygen atoms in total. The standard InChI is InChI=1S/C23H24N2O5/c1-27-18-11-12-21(28-2)19(13-18)20(26)14-29-17-9-7-15(8-10-17)22-24-23(30-25-22)16-5-3-4-6-16/h7-13,16H,3-6,14H2,1-2H3. The molecule has 1 aromatic heterocycles. The van der Waals surface area contributed by atoms with Crippen molar-refractivity contribution < 1.29 is 23.5 Å². The van der Waals surface area contributed by atoms with Crippen molar-refractivity contribution in [3.05, 3.63) is 53.9 Å². The van der Waals surface area contributed by atoms with E-state index in [1.807, 2.05) is 12.1 Å². The van der Waals surface area contributed by atoms with Crippen LogP contribution < -0.4 is 14.2 Å². The molecule has 0 N–H and O–H groups in total. The maximum Gasteiger partial charge on any atom is 0.230 e. The second-order valence-corrected chi connectivity index (χ2v) is 7.24. The minimum absolute atomic E-state index is 0.114. The molecule has 4 rings (SSSR count). The number of benzene rings is 2. The van der Waals surface area contributed by atoms with Gasteiger partial charge in [-0.2, -0.15) is 4.98 Å². The largest absolute Gasteiger partial charge is 0.497 e. The van der Waals surface area contributed by atoms with Crippen LogP contribution in [0.25, 0.3) is 11.4 Å². The Hall–Kier alpha value is -3.35. The minimum atomic E-state index is -0.200. The van der Waals surface area contributed by atoms with Gasteiger partial charge in [-0.1, -0.05) is 18.0 Å². The molecule has 30 heavy (non-hydrogen) atoms. The smallest absolute Gasteiger partial charge is 0.230 e. The van der Waals surface area contributed by atoms with Crippen molar-refractivity contribution in [1.29, 1.82) is 0 Å². The van der Waals surface area contributed by atoms with Crippen molar-refractivity contribution in [2.45, 2.75) is 31.6 Å². The van der Waals surface area contributed by atoms with Crippen molar-refractivity contribution in [2.24, 2.45) is 0 Å². The van der Waals surface area contributed by atoms with Gasteiger partial charge in [0.25, 0.3) is 0 Å². The molecule has 0 bridgehead atoms. The second-order valence-electron chi connectivity index (χ2n) is 7.24. The van der Waals surface area contributed by atoms with Crippen molar-refractivity contribution in [2.75, 3.05) is 20.8 Å². The molecule has 0 spiro atoms.